The molecule has 0 bridgehead atoms. The Labute approximate surface area is 102 Å². The molecule has 1 aromatic rings. The molecule has 1 heterocycles. The Morgan fingerprint density at radius 1 is 1.50 bits per heavy atom. The molecule has 0 aliphatic carbocycles. The van der Waals surface area contributed by atoms with E-state index < -0.39 is 0 Å². The lowest BCUT2D eigenvalue weighted by Crippen LogP contribution is -2.29. The van der Waals surface area contributed by atoms with Crippen molar-refractivity contribution in [2.45, 2.75) is 32.2 Å². The van der Waals surface area contributed by atoms with Crippen molar-refractivity contribution in [2.75, 3.05) is 18.1 Å². The molecule has 3 heteroatoms. The molecule has 0 radical (unpaired) electrons. The smallest absolute Gasteiger partial charge is 0.0462 e. The van der Waals surface area contributed by atoms with Gasteiger partial charge in [0.15, 0.2) is 0 Å². The predicted octanol–water partition coefficient (Wildman–Crippen LogP) is 3.03. The minimum Gasteiger partial charge on any atom is -0.396 e. The van der Waals surface area contributed by atoms with Crippen molar-refractivity contribution in [3.63, 3.8) is 0 Å². The van der Waals surface area contributed by atoms with E-state index in [0.717, 1.165) is 18.0 Å². The molecule has 1 N–H and O–H groups in total. The number of benzene rings is 1. The minimum atomic E-state index is 0.223. The van der Waals surface area contributed by atoms with Gasteiger partial charge in [-0.05, 0) is 38.0 Å². The molecule has 1 aromatic carbocycles. The fourth-order valence-corrected chi connectivity index (χ4v) is 2.81. The average Bonchev–Trinajstić information content (AvgIpc) is 2.59. The minimum absolute atomic E-state index is 0.223. The van der Waals surface area contributed by atoms with Crippen LogP contribution in [0.3, 0.4) is 0 Å². The molecule has 1 aliphatic rings. The van der Waals surface area contributed by atoms with Gasteiger partial charge in [0.25, 0.3) is 0 Å². The molecular weight excluding hydrogens is 222 g/mol. The van der Waals surface area contributed by atoms with E-state index in [9.17, 15) is 0 Å². The summed E-state index contributed by atoms with van der Waals surface area (Å²) in [5, 5.41) is 9.94. The Morgan fingerprint density at radius 3 is 2.88 bits per heavy atom. The maximum atomic E-state index is 9.11. The lowest BCUT2D eigenvalue weighted by molar-refractivity contribution is 0.277. The van der Waals surface area contributed by atoms with Gasteiger partial charge in [-0.25, -0.2) is 0 Å². The summed E-state index contributed by atoms with van der Waals surface area (Å²) < 4.78 is 0. The van der Waals surface area contributed by atoms with Crippen molar-refractivity contribution in [3.05, 3.63) is 28.8 Å². The highest BCUT2D eigenvalue weighted by molar-refractivity contribution is 6.32. The van der Waals surface area contributed by atoms with Gasteiger partial charge in [0.1, 0.15) is 0 Å². The van der Waals surface area contributed by atoms with Crippen LogP contribution in [0.2, 0.25) is 5.02 Å². The van der Waals surface area contributed by atoms with Gasteiger partial charge >= 0.3 is 0 Å². The molecule has 16 heavy (non-hydrogen) atoms. The summed E-state index contributed by atoms with van der Waals surface area (Å²) in [6.45, 7) is 5.57. The average molecular weight is 240 g/mol. The van der Waals surface area contributed by atoms with E-state index in [4.69, 9.17) is 16.7 Å². The summed E-state index contributed by atoms with van der Waals surface area (Å²) in [4.78, 5) is 2.36. The van der Waals surface area contributed by atoms with Crippen LogP contribution in [0.1, 0.15) is 31.7 Å². The van der Waals surface area contributed by atoms with Crippen LogP contribution in [-0.4, -0.2) is 24.3 Å². The Balaban J connectivity index is 2.40. The molecule has 88 valence electrons. The molecule has 1 atom stereocenters. The summed E-state index contributed by atoms with van der Waals surface area (Å²) in [6, 6.07) is 6.53. The van der Waals surface area contributed by atoms with Gasteiger partial charge in [0.05, 0.1) is 0 Å². The van der Waals surface area contributed by atoms with Crippen molar-refractivity contribution < 1.29 is 5.11 Å². The van der Waals surface area contributed by atoms with Crippen LogP contribution in [0.15, 0.2) is 18.2 Å². The van der Waals surface area contributed by atoms with Gasteiger partial charge in [-0.3, -0.25) is 0 Å². The van der Waals surface area contributed by atoms with Gasteiger partial charge in [-0.15, -0.1) is 0 Å². The van der Waals surface area contributed by atoms with E-state index in [-0.39, 0.29) is 6.61 Å². The standard InChI is InChI=1S/C13H18ClNO/c1-9(2)15-8-10(6-7-16)13-11(14)4-3-5-12(13)15/h3-5,9-10,16H,6-8H2,1-2H3. The van der Waals surface area contributed by atoms with Crippen LogP contribution >= 0.6 is 11.6 Å². The van der Waals surface area contributed by atoms with Crippen LogP contribution in [0, 0.1) is 0 Å². The van der Waals surface area contributed by atoms with Crippen LogP contribution in [0.5, 0.6) is 0 Å². The van der Waals surface area contributed by atoms with Crippen molar-refractivity contribution in [1.82, 2.24) is 0 Å². The van der Waals surface area contributed by atoms with Crippen LogP contribution in [0.25, 0.3) is 0 Å². The molecule has 0 amide bonds. The number of aliphatic hydroxyl groups excluding tert-OH is 1. The topological polar surface area (TPSA) is 23.5 Å². The molecule has 0 saturated carbocycles. The third kappa shape index (κ3) is 1.92. The number of rotatable bonds is 3. The van der Waals surface area contributed by atoms with Crippen molar-refractivity contribution in [3.8, 4) is 0 Å². The maximum absolute atomic E-state index is 9.11. The fraction of sp³-hybridized carbons (Fsp3) is 0.538. The van der Waals surface area contributed by atoms with Gasteiger partial charge in [0.2, 0.25) is 0 Å². The molecule has 2 nitrogen and oxygen atoms in total. The van der Waals surface area contributed by atoms with Crippen LogP contribution in [0.4, 0.5) is 5.69 Å². The number of hydrogen-bond donors (Lipinski definition) is 1. The molecule has 2 rings (SSSR count). The SMILES string of the molecule is CC(C)N1CC(CCO)c2c(Cl)cccc21. The highest BCUT2D eigenvalue weighted by Crippen LogP contribution is 2.42. The third-order valence-corrected chi connectivity index (χ3v) is 3.60. The van der Waals surface area contributed by atoms with Crippen molar-refractivity contribution in [1.29, 1.82) is 0 Å². The Bertz CT molecular complexity index is 378. The molecule has 0 spiro atoms. The molecule has 1 aliphatic heterocycles. The lowest BCUT2D eigenvalue weighted by Gasteiger charge is -2.24. The third-order valence-electron chi connectivity index (χ3n) is 3.27. The lowest BCUT2D eigenvalue weighted by atomic mass is 9.98. The van der Waals surface area contributed by atoms with Gasteiger partial charge in [-0.2, -0.15) is 0 Å². The first-order valence-corrected chi connectivity index (χ1v) is 6.19. The van der Waals surface area contributed by atoms with E-state index in [1.165, 1.54) is 11.3 Å². The van der Waals surface area contributed by atoms with E-state index in [0.29, 0.717) is 12.0 Å². The van der Waals surface area contributed by atoms with Gasteiger partial charge in [-0.1, -0.05) is 17.7 Å². The quantitative estimate of drug-likeness (QED) is 0.877. The second-order valence-electron chi connectivity index (χ2n) is 4.63. The molecule has 1 unspecified atom stereocenters. The second-order valence-corrected chi connectivity index (χ2v) is 5.04. The Morgan fingerprint density at radius 2 is 2.25 bits per heavy atom. The van der Waals surface area contributed by atoms with Gasteiger partial charge in [0, 0.05) is 35.8 Å². The zero-order valence-electron chi connectivity index (χ0n) is 9.78. The summed E-state index contributed by atoms with van der Waals surface area (Å²) >= 11 is 6.26. The molecule has 0 saturated heterocycles. The summed E-state index contributed by atoms with van der Waals surface area (Å²) in [7, 11) is 0. The number of aliphatic hydroxyl groups is 1. The Hall–Kier alpha value is -0.730. The highest BCUT2D eigenvalue weighted by Gasteiger charge is 2.31. The van der Waals surface area contributed by atoms with Crippen LogP contribution < -0.4 is 4.90 Å². The first kappa shape index (κ1) is 11.7. The van der Waals surface area contributed by atoms with E-state index in [2.05, 4.69) is 24.8 Å². The second kappa shape index (κ2) is 4.64. The molecule has 0 fully saturated rings. The largest absolute Gasteiger partial charge is 0.396 e. The van der Waals surface area contributed by atoms with Crippen LogP contribution in [-0.2, 0) is 0 Å². The highest BCUT2D eigenvalue weighted by atomic mass is 35.5. The number of fused-ring (bicyclic) bond motifs is 1. The monoisotopic (exact) mass is 239 g/mol. The first-order valence-electron chi connectivity index (χ1n) is 5.81. The summed E-state index contributed by atoms with van der Waals surface area (Å²) in [6.07, 6.45) is 0.792. The van der Waals surface area contributed by atoms with Crippen molar-refractivity contribution >= 4 is 17.3 Å². The van der Waals surface area contributed by atoms with E-state index in [1.54, 1.807) is 0 Å². The molecular formula is C13H18ClNO. The predicted molar refractivity (Wildman–Crippen MR) is 68.4 cm³/mol. The zero-order chi connectivity index (χ0) is 11.7. The zero-order valence-corrected chi connectivity index (χ0v) is 10.5. The first-order chi connectivity index (χ1) is 7.65. The number of halogens is 1. The normalized spacial score (nSPS) is 19.3. The van der Waals surface area contributed by atoms with E-state index in [1.807, 2.05) is 12.1 Å². The fourth-order valence-electron chi connectivity index (χ4n) is 2.49. The van der Waals surface area contributed by atoms with Crippen molar-refractivity contribution in [2.24, 2.45) is 0 Å². The summed E-state index contributed by atoms with van der Waals surface area (Å²) in [5.41, 5.74) is 2.45. The number of nitrogens with zero attached hydrogens (tertiary/aromatic N) is 1. The number of anilines is 1. The Kier molecular flexibility index (Phi) is 3.41. The number of hydrogen-bond acceptors (Lipinski definition) is 2. The summed E-state index contributed by atoms with van der Waals surface area (Å²) in [5.74, 6) is 0.371. The maximum Gasteiger partial charge on any atom is 0.0462 e. The molecule has 0 aromatic heterocycles. The van der Waals surface area contributed by atoms with Gasteiger partial charge < -0.3 is 10.0 Å². The van der Waals surface area contributed by atoms with E-state index >= 15 is 0 Å².